The summed E-state index contributed by atoms with van der Waals surface area (Å²) in [5, 5.41) is 2.80. The zero-order valence-electron chi connectivity index (χ0n) is 13.0. The highest BCUT2D eigenvalue weighted by Gasteiger charge is 2.27. The van der Waals surface area contributed by atoms with Gasteiger partial charge in [-0.2, -0.15) is 0 Å². The minimum atomic E-state index is 0.168. The summed E-state index contributed by atoms with van der Waals surface area (Å²) >= 11 is 0. The Balaban J connectivity index is 2.28. The smallest absolute Gasteiger partial charge is 0.220 e. The molecule has 2 rings (SSSR count). The molecular weight excluding hydrogens is 246 g/mol. The molecule has 1 aliphatic carbocycles. The molecule has 2 nitrogen and oxygen atoms in total. The van der Waals surface area contributed by atoms with E-state index in [0.29, 0.717) is 18.3 Å². The lowest BCUT2D eigenvalue weighted by Crippen LogP contribution is -2.26. The maximum Gasteiger partial charge on any atom is 0.220 e. The molecule has 0 bridgehead atoms. The van der Waals surface area contributed by atoms with Gasteiger partial charge in [-0.05, 0) is 49.7 Å². The Morgan fingerprint density at radius 3 is 2.60 bits per heavy atom. The van der Waals surface area contributed by atoms with Crippen molar-refractivity contribution in [3.63, 3.8) is 0 Å². The molecule has 0 radical (unpaired) electrons. The van der Waals surface area contributed by atoms with Crippen LogP contribution in [0, 0.1) is 19.8 Å². The van der Waals surface area contributed by atoms with E-state index in [0.717, 1.165) is 0 Å². The van der Waals surface area contributed by atoms with Crippen molar-refractivity contribution in [1.29, 1.82) is 0 Å². The lowest BCUT2D eigenvalue weighted by molar-refractivity contribution is -0.121. The second-order valence-corrected chi connectivity index (χ2v) is 6.24. The molecule has 1 aromatic rings. The Hall–Kier alpha value is -1.31. The van der Waals surface area contributed by atoms with Gasteiger partial charge in [0, 0.05) is 13.5 Å². The SMILES string of the molecule is CNC(=O)CC(c1cc(C)ccc1C)C1CCCCC1. The molecular formula is C18H27NO. The number of carbonyl (C=O) groups is 1. The van der Waals surface area contributed by atoms with E-state index >= 15 is 0 Å². The molecule has 1 atom stereocenters. The van der Waals surface area contributed by atoms with Gasteiger partial charge in [-0.3, -0.25) is 4.79 Å². The van der Waals surface area contributed by atoms with Crippen LogP contribution in [0.1, 0.15) is 61.1 Å². The quantitative estimate of drug-likeness (QED) is 0.879. The van der Waals surface area contributed by atoms with Crippen LogP contribution >= 0.6 is 0 Å². The third-order valence-electron chi connectivity index (χ3n) is 4.74. The van der Waals surface area contributed by atoms with Crippen LogP contribution in [0.3, 0.4) is 0 Å². The van der Waals surface area contributed by atoms with Crippen LogP contribution in [0.25, 0.3) is 0 Å². The lowest BCUT2D eigenvalue weighted by Gasteiger charge is -2.31. The third-order valence-corrected chi connectivity index (χ3v) is 4.74. The molecule has 0 aromatic heterocycles. The summed E-state index contributed by atoms with van der Waals surface area (Å²) < 4.78 is 0. The number of aryl methyl sites for hydroxylation is 2. The summed E-state index contributed by atoms with van der Waals surface area (Å²) in [7, 11) is 1.74. The average Bonchev–Trinajstić information content (AvgIpc) is 2.48. The lowest BCUT2D eigenvalue weighted by atomic mass is 9.74. The first kappa shape index (κ1) is 15.1. The van der Waals surface area contributed by atoms with Gasteiger partial charge in [0.15, 0.2) is 0 Å². The molecule has 110 valence electrons. The van der Waals surface area contributed by atoms with E-state index in [1.165, 1.54) is 48.8 Å². The van der Waals surface area contributed by atoms with Crippen LogP contribution in [0.4, 0.5) is 0 Å². The van der Waals surface area contributed by atoms with Crippen LogP contribution in [-0.4, -0.2) is 13.0 Å². The predicted molar refractivity (Wildman–Crippen MR) is 83.9 cm³/mol. The number of nitrogens with one attached hydrogen (secondary N) is 1. The Kier molecular flexibility index (Phi) is 5.22. The topological polar surface area (TPSA) is 29.1 Å². The summed E-state index contributed by atoms with van der Waals surface area (Å²) in [4.78, 5) is 11.9. The fourth-order valence-corrected chi connectivity index (χ4v) is 3.53. The molecule has 1 aliphatic rings. The second kappa shape index (κ2) is 6.92. The van der Waals surface area contributed by atoms with Gasteiger partial charge in [0.2, 0.25) is 5.91 Å². The molecule has 0 aliphatic heterocycles. The number of hydrogen-bond donors (Lipinski definition) is 1. The van der Waals surface area contributed by atoms with Gasteiger partial charge < -0.3 is 5.32 Å². The average molecular weight is 273 g/mol. The molecule has 1 N–H and O–H groups in total. The summed E-state index contributed by atoms with van der Waals surface area (Å²) in [6.07, 6.45) is 7.17. The first-order chi connectivity index (χ1) is 9.61. The van der Waals surface area contributed by atoms with Gasteiger partial charge in [-0.1, -0.05) is 43.0 Å². The highest BCUT2D eigenvalue weighted by Crippen LogP contribution is 2.39. The number of carbonyl (C=O) groups excluding carboxylic acids is 1. The van der Waals surface area contributed by atoms with Crippen molar-refractivity contribution in [2.75, 3.05) is 7.05 Å². The van der Waals surface area contributed by atoms with Gasteiger partial charge in [0.05, 0.1) is 0 Å². The Bertz CT molecular complexity index is 460. The van der Waals surface area contributed by atoms with Gasteiger partial charge in [0.1, 0.15) is 0 Å². The van der Waals surface area contributed by atoms with Crippen LogP contribution in [-0.2, 0) is 4.79 Å². The zero-order valence-corrected chi connectivity index (χ0v) is 13.0. The van der Waals surface area contributed by atoms with Gasteiger partial charge in [0.25, 0.3) is 0 Å². The second-order valence-electron chi connectivity index (χ2n) is 6.24. The van der Waals surface area contributed by atoms with E-state index in [2.05, 4.69) is 37.4 Å². The van der Waals surface area contributed by atoms with E-state index in [1.807, 2.05) is 0 Å². The maximum absolute atomic E-state index is 11.9. The molecule has 1 aromatic carbocycles. The van der Waals surface area contributed by atoms with Gasteiger partial charge >= 0.3 is 0 Å². The zero-order chi connectivity index (χ0) is 14.5. The van der Waals surface area contributed by atoms with Crippen LogP contribution < -0.4 is 5.32 Å². The Morgan fingerprint density at radius 2 is 1.95 bits per heavy atom. The maximum atomic E-state index is 11.9. The highest BCUT2D eigenvalue weighted by molar-refractivity contribution is 5.76. The van der Waals surface area contributed by atoms with E-state index in [4.69, 9.17) is 0 Å². The van der Waals surface area contributed by atoms with Crippen LogP contribution in [0.15, 0.2) is 18.2 Å². The fourth-order valence-electron chi connectivity index (χ4n) is 3.53. The van der Waals surface area contributed by atoms with Crippen molar-refractivity contribution in [3.05, 3.63) is 34.9 Å². The molecule has 1 amide bonds. The van der Waals surface area contributed by atoms with Crippen LogP contribution in [0.2, 0.25) is 0 Å². The number of benzene rings is 1. The van der Waals surface area contributed by atoms with Gasteiger partial charge in [-0.25, -0.2) is 0 Å². The van der Waals surface area contributed by atoms with E-state index in [-0.39, 0.29) is 5.91 Å². The molecule has 20 heavy (non-hydrogen) atoms. The highest BCUT2D eigenvalue weighted by atomic mass is 16.1. The van der Waals surface area contributed by atoms with Gasteiger partial charge in [-0.15, -0.1) is 0 Å². The first-order valence-corrected chi connectivity index (χ1v) is 7.89. The predicted octanol–water partition coefficient (Wildman–Crippen LogP) is 4.10. The number of hydrogen-bond acceptors (Lipinski definition) is 1. The van der Waals surface area contributed by atoms with E-state index < -0.39 is 0 Å². The molecule has 1 unspecified atom stereocenters. The standard InChI is InChI=1S/C18H27NO/c1-13-9-10-14(2)16(11-13)17(12-18(20)19-3)15-7-5-4-6-8-15/h9-11,15,17H,4-8,12H2,1-3H3,(H,19,20). The summed E-state index contributed by atoms with van der Waals surface area (Å²) in [6, 6.07) is 6.65. The minimum Gasteiger partial charge on any atom is -0.359 e. The Labute approximate surface area is 123 Å². The summed E-state index contributed by atoms with van der Waals surface area (Å²) in [5.74, 6) is 1.22. The largest absolute Gasteiger partial charge is 0.359 e. The molecule has 1 saturated carbocycles. The van der Waals surface area contributed by atoms with Crippen molar-refractivity contribution in [1.82, 2.24) is 5.32 Å². The molecule has 0 saturated heterocycles. The van der Waals surface area contributed by atoms with E-state index in [9.17, 15) is 4.79 Å². The first-order valence-electron chi connectivity index (χ1n) is 7.89. The number of amides is 1. The molecule has 0 spiro atoms. The third kappa shape index (κ3) is 3.62. The van der Waals surface area contributed by atoms with Crippen molar-refractivity contribution < 1.29 is 4.79 Å². The van der Waals surface area contributed by atoms with Crippen molar-refractivity contribution in [2.24, 2.45) is 5.92 Å². The minimum absolute atomic E-state index is 0.168. The Morgan fingerprint density at radius 1 is 1.25 bits per heavy atom. The fraction of sp³-hybridized carbons (Fsp3) is 0.611. The molecule has 1 fully saturated rings. The monoisotopic (exact) mass is 273 g/mol. The molecule has 2 heteroatoms. The van der Waals surface area contributed by atoms with E-state index in [1.54, 1.807) is 7.05 Å². The molecule has 0 heterocycles. The van der Waals surface area contributed by atoms with Crippen molar-refractivity contribution >= 4 is 5.91 Å². The number of rotatable bonds is 4. The van der Waals surface area contributed by atoms with Crippen LogP contribution in [0.5, 0.6) is 0 Å². The normalized spacial score (nSPS) is 17.8. The van der Waals surface area contributed by atoms with Crippen molar-refractivity contribution in [3.8, 4) is 0 Å². The summed E-state index contributed by atoms with van der Waals surface area (Å²) in [6.45, 7) is 4.31. The van der Waals surface area contributed by atoms with Crippen molar-refractivity contribution in [2.45, 2.75) is 58.3 Å². The summed E-state index contributed by atoms with van der Waals surface area (Å²) in [5.41, 5.74) is 4.01.